The monoisotopic (exact) mass is 346 g/mol. The number of hydrogen-bond donors (Lipinski definition) is 2. The summed E-state index contributed by atoms with van der Waals surface area (Å²) in [5.41, 5.74) is 0.502. The van der Waals surface area contributed by atoms with Gasteiger partial charge in [-0.1, -0.05) is 39.0 Å². The second-order valence-electron chi connectivity index (χ2n) is 7.40. The summed E-state index contributed by atoms with van der Waals surface area (Å²) in [6.45, 7) is 7.42. The van der Waals surface area contributed by atoms with E-state index in [2.05, 4.69) is 12.2 Å². The fraction of sp³-hybridized carbons (Fsp3) is 0.600. The van der Waals surface area contributed by atoms with Crippen LogP contribution in [0.15, 0.2) is 30.3 Å². The quantitative estimate of drug-likeness (QED) is 0.831. The second-order valence-corrected chi connectivity index (χ2v) is 7.40. The number of rotatable bonds is 6. The molecule has 1 aliphatic rings. The predicted molar refractivity (Wildman–Crippen MR) is 98.2 cm³/mol. The van der Waals surface area contributed by atoms with Gasteiger partial charge in [0.15, 0.2) is 0 Å². The standard InChI is InChI=1S/C20H30N2O3/c1-4-20(14-23)10-12-22(13-11-20)19(25)17(15(2)3)21-18(24)16-8-6-5-7-9-16/h5-9,15,17,23H,4,10-14H2,1-3H3,(H,21,24). The first kappa shape index (κ1) is 19.4. The van der Waals surface area contributed by atoms with E-state index in [1.165, 1.54) is 0 Å². The molecule has 1 aromatic carbocycles. The largest absolute Gasteiger partial charge is 0.396 e. The highest BCUT2D eigenvalue weighted by molar-refractivity contribution is 5.97. The first-order chi connectivity index (χ1) is 11.9. The van der Waals surface area contributed by atoms with Crippen LogP contribution >= 0.6 is 0 Å². The Labute approximate surface area is 150 Å². The Morgan fingerprint density at radius 3 is 2.28 bits per heavy atom. The van der Waals surface area contributed by atoms with Crippen LogP contribution in [0.2, 0.25) is 0 Å². The number of nitrogens with one attached hydrogen (secondary N) is 1. The van der Waals surface area contributed by atoms with Crippen molar-refractivity contribution in [1.29, 1.82) is 0 Å². The molecular weight excluding hydrogens is 316 g/mol. The molecular formula is C20H30N2O3. The van der Waals surface area contributed by atoms with Crippen molar-refractivity contribution < 1.29 is 14.7 Å². The van der Waals surface area contributed by atoms with Gasteiger partial charge < -0.3 is 15.3 Å². The number of likely N-dealkylation sites (tertiary alicyclic amines) is 1. The Kier molecular flexibility index (Phi) is 6.59. The van der Waals surface area contributed by atoms with Crippen LogP contribution < -0.4 is 5.32 Å². The van der Waals surface area contributed by atoms with E-state index in [0.717, 1.165) is 19.3 Å². The summed E-state index contributed by atoms with van der Waals surface area (Å²) >= 11 is 0. The lowest BCUT2D eigenvalue weighted by Gasteiger charge is -2.41. The molecule has 1 atom stereocenters. The van der Waals surface area contributed by atoms with Crippen LogP contribution in [-0.2, 0) is 4.79 Å². The number of nitrogens with zero attached hydrogens (tertiary/aromatic N) is 1. The zero-order valence-electron chi connectivity index (χ0n) is 15.5. The maximum atomic E-state index is 12.9. The van der Waals surface area contributed by atoms with Crippen molar-refractivity contribution >= 4 is 11.8 Å². The highest BCUT2D eigenvalue weighted by Gasteiger charge is 2.36. The van der Waals surface area contributed by atoms with Crippen molar-refractivity contribution in [1.82, 2.24) is 10.2 Å². The molecule has 0 spiro atoms. The maximum Gasteiger partial charge on any atom is 0.251 e. The molecule has 1 fully saturated rings. The second kappa shape index (κ2) is 8.48. The molecule has 5 heteroatoms. The van der Waals surface area contributed by atoms with E-state index in [1.54, 1.807) is 12.1 Å². The van der Waals surface area contributed by atoms with E-state index in [-0.39, 0.29) is 29.8 Å². The normalized spacial score (nSPS) is 18.0. The van der Waals surface area contributed by atoms with Crippen molar-refractivity contribution in [2.24, 2.45) is 11.3 Å². The van der Waals surface area contributed by atoms with Crippen molar-refractivity contribution in [2.45, 2.75) is 46.1 Å². The van der Waals surface area contributed by atoms with Crippen LogP contribution in [0.1, 0.15) is 50.4 Å². The summed E-state index contributed by atoms with van der Waals surface area (Å²) in [5.74, 6) is -0.235. The third-order valence-electron chi connectivity index (χ3n) is 5.48. The summed E-state index contributed by atoms with van der Waals surface area (Å²) < 4.78 is 0. The highest BCUT2D eigenvalue weighted by atomic mass is 16.3. The Balaban J connectivity index is 2.03. The van der Waals surface area contributed by atoms with Gasteiger partial charge in [-0.05, 0) is 42.7 Å². The predicted octanol–water partition coefficient (Wildman–Crippen LogP) is 2.45. The fourth-order valence-electron chi connectivity index (χ4n) is 3.35. The number of aliphatic hydroxyl groups excluding tert-OH is 1. The van der Waals surface area contributed by atoms with Gasteiger partial charge in [0.05, 0.1) is 0 Å². The molecule has 1 unspecified atom stereocenters. The van der Waals surface area contributed by atoms with E-state index in [1.807, 2.05) is 36.9 Å². The van der Waals surface area contributed by atoms with Gasteiger partial charge in [-0.2, -0.15) is 0 Å². The highest BCUT2D eigenvalue weighted by Crippen LogP contribution is 2.34. The topological polar surface area (TPSA) is 69.6 Å². The zero-order chi connectivity index (χ0) is 18.4. The number of piperidine rings is 1. The summed E-state index contributed by atoms with van der Waals surface area (Å²) in [6, 6.07) is 8.44. The van der Waals surface area contributed by atoms with Gasteiger partial charge in [-0.3, -0.25) is 9.59 Å². The molecule has 0 saturated carbocycles. The van der Waals surface area contributed by atoms with Crippen molar-refractivity contribution in [3.8, 4) is 0 Å². The number of carbonyl (C=O) groups is 2. The summed E-state index contributed by atoms with van der Waals surface area (Å²) in [4.78, 5) is 27.2. The van der Waals surface area contributed by atoms with E-state index >= 15 is 0 Å². The molecule has 0 bridgehead atoms. The molecule has 138 valence electrons. The van der Waals surface area contributed by atoms with E-state index < -0.39 is 6.04 Å². The average Bonchev–Trinajstić information content (AvgIpc) is 2.66. The van der Waals surface area contributed by atoms with Crippen molar-refractivity contribution in [2.75, 3.05) is 19.7 Å². The Morgan fingerprint density at radius 1 is 1.20 bits per heavy atom. The lowest BCUT2D eigenvalue weighted by Crippen LogP contribution is -2.54. The summed E-state index contributed by atoms with van der Waals surface area (Å²) in [5, 5.41) is 12.5. The third kappa shape index (κ3) is 4.60. The van der Waals surface area contributed by atoms with Crippen molar-refractivity contribution in [3.63, 3.8) is 0 Å². The van der Waals surface area contributed by atoms with Gasteiger partial charge in [-0.15, -0.1) is 0 Å². The van der Waals surface area contributed by atoms with Gasteiger partial charge in [0.2, 0.25) is 5.91 Å². The maximum absolute atomic E-state index is 12.9. The first-order valence-corrected chi connectivity index (χ1v) is 9.18. The van der Waals surface area contributed by atoms with Crippen molar-refractivity contribution in [3.05, 3.63) is 35.9 Å². The van der Waals surface area contributed by atoms with E-state index in [0.29, 0.717) is 18.7 Å². The Morgan fingerprint density at radius 2 is 1.80 bits per heavy atom. The minimum Gasteiger partial charge on any atom is -0.396 e. The van der Waals surface area contributed by atoms with Crippen LogP contribution in [0.3, 0.4) is 0 Å². The van der Waals surface area contributed by atoms with Crippen LogP contribution in [0.25, 0.3) is 0 Å². The van der Waals surface area contributed by atoms with E-state index in [4.69, 9.17) is 0 Å². The molecule has 5 nitrogen and oxygen atoms in total. The fourth-order valence-corrected chi connectivity index (χ4v) is 3.35. The first-order valence-electron chi connectivity index (χ1n) is 9.18. The molecule has 25 heavy (non-hydrogen) atoms. The van der Waals surface area contributed by atoms with Crippen LogP contribution in [0, 0.1) is 11.3 Å². The van der Waals surface area contributed by atoms with Gasteiger partial charge in [-0.25, -0.2) is 0 Å². The molecule has 2 rings (SSSR count). The number of hydrogen-bond acceptors (Lipinski definition) is 3. The molecule has 0 aromatic heterocycles. The van der Waals surface area contributed by atoms with Gasteiger partial charge in [0.25, 0.3) is 5.91 Å². The summed E-state index contributed by atoms with van der Waals surface area (Å²) in [6.07, 6.45) is 2.54. The van der Waals surface area contributed by atoms with Gasteiger partial charge >= 0.3 is 0 Å². The molecule has 1 aromatic rings. The molecule has 2 amide bonds. The number of aliphatic hydroxyl groups is 1. The molecule has 2 N–H and O–H groups in total. The van der Waals surface area contributed by atoms with Crippen LogP contribution in [0.5, 0.6) is 0 Å². The molecule has 0 radical (unpaired) electrons. The van der Waals surface area contributed by atoms with Gasteiger partial charge in [0.1, 0.15) is 6.04 Å². The molecule has 1 aliphatic heterocycles. The summed E-state index contributed by atoms with van der Waals surface area (Å²) in [7, 11) is 0. The molecule has 1 saturated heterocycles. The number of benzene rings is 1. The Bertz CT molecular complexity index is 572. The molecule has 0 aliphatic carbocycles. The van der Waals surface area contributed by atoms with E-state index in [9.17, 15) is 14.7 Å². The lowest BCUT2D eigenvalue weighted by atomic mass is 9.77. The smallest absolute Gasteiger partial charge is 0.251 e. The number of amides is 2. The SMILES string of the molecule is CCC1(CO)CCN(C(=O)C(NC(=O)c2ccccc2)C(C)C)CC1. The zero-order valence-corrected chi connectivity index (χ0v) is 15.5. The third-order valence-corrected chi connectivity index (χ3v) is 5.48. The lowest BCUT2D eigenvalue weighted by molar-refractivity contribution is -0.137. The van der Waals surface area contributed by atoms with Gasteiger partial charge in [0, 0.05) is 25.3 Å². The van der Waals surface area contributed by atoms with Crippen LogP contribution in [0.4, 0.5) is 0 Å². The minimum atomic E-state index is -0.532. The minimum absolute atomic E-state index is 0.0101. The van der Waals surface area contributed by atoms with Crippen LogP contribution in [-0.4, -0.2) is 47.6 Å². The molecule has 1 heterocycles. The number of carbonyl (C=O) groups excluding carboxylic acids is 2. The average molecular weight is 346 g/mol. The Hall–Kier alpha value is -1.88.